The molecule has 0 bridgehead atoms. The van der Waals surface area contributed by atoms with E-state index in [2.05, 4.69) is 34.2 Å². The largest absolute Gasteiger partial charge is 0.377 e. The number of nitrogens with two attached hydrogens (primary N) is 1. The Morgan fingerprint density at radius 2 is 2.32 bits per heavy atom. The number of hydrogen-bond donors (Lipinski definition) is 2. The third-order valence-electron chi connectivity index (χ3n) is 4.30. The van der Waals surface area contributed by atoms with Crippen LogP contribution in [0.2, 0.25) is 0 Å². The summed E-state index contributed by atoms with van der Waals surface area (Å²) in [7, 11) is 0. The summed E-state index contributed by atoms with van der Waals surface area (Å²) in [5, 5.41) is 12.5. The molecule has 1 aliphatic carbocycles. The van der Waals surface area contributed by atoms with E-state index >= 15 is 0 Å². The predicted octanol–water partition coefficient (Wildman–Crippen LogP) is 3.64. The quantitative estimate of drug-likeness (QED) is 0.893. The van der Waals surface area contributed by atoms with Crippen molar-refractivity contribution in [2.24, 2.45) is 11.7 Å². The Bertz CT molecular complexity index is 495. The number of nitriles is 1. The van der Waals surface area contributed by atoms with E-state index in [1.807, 2.05) is 18.2 Å². The Labute approximate surface area is 123 Å². The van der Waals surface area contributed by atoms with Crippen LogP contribution in [0.4, 0.5) is 5.69 Å². The van der Waals surface area contributed by atoms with E-state index in [4.69, 9.17) is 11.0 Å². The number of nitrogens with zero attached hydrogens (tertiary/aromatic N) is 1. The summed E-state index contributed by atoms with van der Waals surface area (Å²) < 4.78 is 0.928. The molecule has 1 aliphatic rings. The van der Waals surface area contributed by atoms with Gasteiger partial charge in [0.15, 0.2) is 0 Å². The van der Waals surface area contributed by atoms with Crippen LogP contribution < -0.4 is 11.1 Å². The molecular formula is C15H20BrN3. The molecule has 3 nitrogen and oxygen atoms in total. The third-order valence-corrected chi connectivity index (χ3v) is 4.96. The van der Waals surface area contributed by atoms with Crippen LogP contribution in [0.15, 0.2) is 22.7 Å². The summed E-state index contributed by atoms with van der Waals surface area (Å²) in [6.07, 6.45) is 4.84. The molecule has 4 heteroatoms. The first-order valence-corrected chi connectivity index (χ1v) is 7.58. The summed E-state index contributed by atoms with van der Waals surface area (Å²) in [5.41, 5.74) is 7.72. The average molecular weight is 322 g/mol. The maximum Gasteiger partial charge on any atom is 0.0992 e. The molecule has 3 N–H and O–H groups in total. The molecule has 2 unspecified atom stereocenters. The second-order valence-electron chi connectivity index (χ2n) is 5.44. The zero-order chi connectivity index (χ0) is 13.9. The first kappa shape index (κ1) is 14.4. The lowest BCUT2D eigenvalue weighted by Crippen LogP contribution is -2.52. The Kier molecular flexibility index (Phi) is 4.49. The summed E-state index contributed by atoms with van der Waals surface area (Å²) >= 11 is 3.53. The third kappa shape index (κ3) is 2.93. The Morgan fingerprint density at radius 3 is 2.89 bits per heavy atom. The van der Waals surface area contributed by atoms with Crippen LogP contribution in [-0.2, 0) is 0 Å². The highest BCUT2D eigenvalue weighted by molar-refractivity contribution is 9.10. The van der Waals surface area contributed by atoms with Crippen LogP contribution in [0.3, 0.4) is 0 Å². The molecule has 0 aliphatic heterocycles. The van der Waals surface area contributed by atoms with Gasteiger partial charge in [0.2, 0.25) is 0 Å². The zero-order valence-electron chi connectivity index (χ0n) is 11.2. The summed E-state index contributed by atoms with van der Waals surface area (Å²) in [6.45, 7) is 2.91. The van der Waals surface area contributed by atoms with E-state index in [0.717, 1.165) is 16.6 Å². The first-order chi connectivity index (χ1) is 9.11. The maximum absolute atomic E-state index is 8.90. The molecule has 0 radical (unpaired) electrons. The van der Waals surface area contributed by atoms with Gasteiger partial charge in [-0.05, 0) is 52.9 Å². The van der Waals surface area contributed by atoms with Crippen molar-refractivity contribution >= 4 is 21.6 Å². The molecule has 0 aromatic heterocycles. The highest BCUT2D eigenvalue weighted by atomic mass is 79.9. The molecule has 1 saturated carbocycles. The monoisotopic (exact) mass is 321 g/mol. The fourth-order valence-electron chi connectivity index (χ4n) is 2.91. The van der Waals surface area contributed by atoms with Gasteiger partial charge in [-0.1, -0.05) is 19.8 Å². The molecular weight excluding hydrogens is 302 g/mol. The number of halogens is 1. The summed E-state index contributed by atoms with van der Waals surface area (Å²) in [5.74, 6) is 0.564. The summed E-state index contributed by atoms with van der Waals surface area (Å²) in [6, 6.07) is 7.79. The van der Waals surface area contributed by atoms with Gasteiger partial charge in [-0.25, -0.2) is 0 Å². The number of rotatable bonds is 3. The Morgan fingerprint density at radius 1 is 1.53 bits per heavy atom. The Hall–Kier alpha value is -1.05. The van der Waals surface area contributed by atoms with Crippen LogP contribution in [0, 0.1) is 17.2 Å². The minimum atomic E-state index is -0.0189. The molecule has 2 atom stereocenters. The van der Waals surface area contributed by atoms with Gasteiger partial charge in [0.05, 0.1) is 17.2 Å². The van der Waals surface area contributed by atoms with Gasteiger partial charge < -0.3 is 11.1 Å². The predicted molar refractivity (Wildman–Crippen MR) is 81.9 cm³/mol. The van der Waals surface area contributed by atoms with E-state index in [1.54, 1.807) is 0 Å². The van der Waals surface area contributed by atoms with Crippen molar-refractivity contribution < 1.29 is 0 Å². The molecule has 0 spiro atoms. The van der Waals surface area contributed by atoms with E-state index < -0.39 is 0 Å². The number of nitrogens with one attached hydrogen (secondary N) is 1. The van der Waals surface area contributed by atoms with Gasteiger partial charge in [0.25, 0.3) is 0 Å². The molecule has 0 amide bonds. The lowest BCUT2D eigenvalue weighted by molar-refractivity contribution is 0.235. The highest BCUT2D eigenvalue weighted by Gasteiger charge is 2.37. The molecule has 2 rings (SSSR count). The second-order valence-corrected chi connectivity index (χ2v) is 6.29. The summed E-state index contributed by atoms with van der Waals surface area (Å²) in [4.78, 5) is 0. The van der Waals surface area contributed by atoms with Gasteiger partial charge in [-0.15, -0.1) is 0 Å². The number of benzene rings is 1. The molecule has 102 valence electrons. The van der Waals surface area contributed by atoms with Crippen LogP contribution in [0.25, 0.3) is 0 Å². The smallest absolute Gasteiger partial charge is 0.0992 e. The molecule has 1 fully saturated rings. The minimum Gasteiger partial charge on any atom is -0.377 e. The van der Waals surface area contributed by atoms with E-state index in [-0.39, 0.29) is 5.54 Å². The van der Waals surface area contributed by atoms with Crippen molar-refractivity contribution in [2.75, 3.05) is 11.9 Å². The van der Waals surface area contributed by atoms with Crippen molar-refractivity contribution in [2.45, 2.75) is 38.1 Å². The normalized spacial score (nSPS) is 26.7. The number of anilines is 1. The van der Waals surface area contributed by atoms with Gasteiger partial charge in [-0.2, -0.15) is 5.26 Å². The van der Waals surface area contributed by atoms with E-state index in [9.17, 15) is 0 Å². The zero-order valence-corrected chi connectivity index (χ0v) is 12.8. The SMILES string of the molecule is CC1CCCCC1(CN)Nc1ccc(C#N)cc1Br. The van der Waals surface area contributed by atoms with Gasteiger partial charge >= 0.3 is 0 Å². The average Bonchev–Trinajstić information content (AvgIpc) is 2.43. The lowest BCUT2D eigenvalue weighted by Gasteiger charge is -2.43. The molecule has 1 aromatic rings. The minimum absolute atomic E-state index is 0.0189. The fourth-order valence-corrected chi connectivity index (χ4v) is 3.39. The second kappa shape index (κ2) is 5.94. The van der Waals surface area contributed by atoms with Crippen LogP contribution in [0.1, 0.15) is 38.2 Å². The van der Waals surface area contributed by atoms with Crippen molar-refractivity contribution in [3.8, 4) is 6.07 Å². The molecule has 19 heavy (non-hydrogen) atoms. The maximum atomic E-state index is 8.90. The lowest BCUT2D eigenvalue weighted by atomic mass is 9.73. The van der Waals surface area contributed by atoms with Crippen LogP contribution in [-0.4, -0.2) is 12.1 Å². The standard InChI is InChI=1S/C15H20BrN3/c1-11-4-2-3-7-15(11,10-18)19-14-6-5-12(9-17)8-13(14)16/h5-6,8,11,19H,2-4,7,10,18H2,1H3. The topological polar surface area (TPSA) is 61.8 Å². The Balaban J connectivity index is 2.25. The van der Waals surface area contributed by atoms with Crippen molar-refractivity contribution in [1.29, 1.82) is 5.26 Å². The first-order valence-electron chi connectivity index (χ1n) is 6.79. The van der Waals surface area contributed by atoms with Gasteiger partial charge in [0, 0.05) is 16.7 Å². The van der Waals surface area contributed by atoms with E-state index in [0.29, 0.717) is 18.0 Å². The van der Waals surface area contributed by atoms with Crippen LogP contribution >= 0.6 is 15.9 Å². The highest BCUT2D eigenvalue weighted by Crippen LogP contribution is 2.37. The van der Waals surface area contributed by atoms with Crippen molar-refractivity contribution in [1.82, 2.24) is 0 Å². The molecule has 1 aromatic carbocycles. The van der Waals surface area contributed by atoms with Crippen LogP contribution in [0.5, 0.6) is 0 Å². The number of hydrogen-bond acceptors (Lipinski definition) is 3. The fraction of sp³-hybridized carbons (Fsp3) is 0.533. The molecule has 0 heterocycles. The van der Waals surface area contributed by atoms with Gasteiger partial charge in [0.1, 0.15) is 0 Å². The van der Waals surface area contributed by atoms with Gasteiger partial charge in [-0.3, -0.25) is 0 Å². The van der Waals surface area contributed by atoms with Crippen molar-refractivity contribution in [3.63, 3.8) is 0 Å². The van der Waals surface area contributed by atoms with Crippen molar-refractivity contribution in [3.05, 3.63) is 28.2 Å². The molecule has 0 saturated heterocycles. The van der Waals surface area contributed by atoms with E-state index in [1.165, 1.54) is 19.3 Å².